The molecule has 186 valence electrons. The van der Waals surface area contributed by atoms with Crippen molar-refractivity contribution in [2.45, 2.75) is 23.8 Å². The summed E-state index contributed by atoms with van der Waals surface area (Å²) in [5, 5.41) is 4.00. The van der Waals surface area contributed by atoms with Crippen LogP contribution in [0.4, 0.5) is 5.69 Å². The fourth-order valence-electron chi connectivity index (χ4n) is 3.59. The summed E-state index contributed by atoms with van der Waals surface area (Å²) in [5.74, 6) is 1.39. The molecule has 0 spiro atoms. The van der Waals surface area contributed by atoms with E-state index < -0.39 is 0 Å². The van der Waals surface area contributed by atoms with E-state index in [1.165, 1.54) is 11.8 Å². The Morgan fingerprint density at radius 2 is 1.56 bits per heavy atom. The smallest absolute Gasteiger partial charge is 0.237 e. The predicted molar refractivity (Wildman–Crippen MR) is 148 cm³/mol. The van der Waals surface area contributed by atoms with Crippen LogP contribution in [0.25, 0.3) is 22.5 Å². The van der Waals surface area contributed by atoms with Crippen LogP contribution in [0.5, 0.6) is 11.5 Å². The number of anilines is 1. The number of hydrogen-bond donors (Lipinski definition) is 2. The van der Waals surface area contributed by atoms with Gasteiger partial charge in [-0.25, -0.2) is 4.98 Å². The summed E-state index contributed by atoms with van der Waals surface area (Å²) < 4.78 is 10.6. The van der Waals surface area contributed by atoms with Crippen LogP contribution in [0.15, 0.2) is 71.9 Å². The number of rotatable bonds is 9. The number of H-pyrrole nitrogens is 1. The number of nitrogens with one attached hydrogen (secondary N) is 2. The highest BCUT2D eigenvalue weighted by Crippen LogP contribution is 2.36. The van der Waals surface area contributed by atoms with Gasteiger partial charge in [-0.3, -0.25) is 4.79 Å². The van der Waals surface area contributed by atoms with Crippen LogP contribution in [0.3, 0.4) is 0 Å². The molecule has 0 aliphatic heterocycles. The molecule has 0 saturated heterocycles. The number of halogens is 2. The molecule has 1 heterocycles. The Labute approximate surface area is 224 Å². The molecule has 9 heteroatoms. The molecule has 1 amide bonds. The number of aromatic amines is 1. The van der Waals surface area contributed by atoms with Crippen molar-refractivity contribution < 1.29 is 14.3 Å². The van der Waals surface area contributed by atoms with Crippen molar-refractivity contribution in [2.75, 3.05) is 19.5 Å². The number of ether oxygens (including phenoxy) is 2. The van der Waals surface area contributed by atoms with Crippen molar-refractivity contribution >= 4 is 46.6 Å². The second-order valence-corrected chi connectivity index (χ2v) is 9.86. The molecule has 6 nitrogen and oxygen atoms in total. The number of hydrogen-bond acceptors (Lipinski definition) is 5. The molecule has 1 aromatic heterocycles. The summed E-state index contributed by atoms with van der Waals surface area (Å²) in [6, 6.07) is 20.5. The monoisotopic (exact) mass is 541 g/mol. The Balaban J connectivity index is 1.63. The van der Waals surface area contributed by atoms with Gasteiger partial charge in [0, 0.05) is 16.8 Å². The second-order valence-electron chi connectivity index (χ2n) is 7.86. The molecule has 0 aliphatic carbocycles. The molecule has 3 aromatic carbocycles. The number of imidazole rings is 1. The van der Waals surface area contributed by atoms with Gasteiger partial charge in [0.25, 0.3) is 0 Å². The maximum absolute atomic E-state index is 13.0. The number of methoxy groups -OCH3 is 2. The van der Waals surface area contributed by atoms with E-state index in [0.29, 0.717) is 27.3 Å². The number of aromatic nitrogens is 2. The van der Waals surface area contributed by atoms with Gasteiger partial charge in [0.1, 0.15) is 11.5 Å². The Kier molecular flexibility index (Phi) is 8.46. The Bertz CT molecular complexity index is 1280. The van der Waals surface area contributed by atoms with E-state index in [1.807, 2.05) is 55.5 Å². The lowest BCUT2D eigenvalue weighted by molar-refractivity contribution is -0.115. The van der Waals surface area contributed by atoms with Gasteiger partial charge in [-0.15, -0.1) is 0 Å². The number of amides is 1. The fourth-order valence-corrected chi connectivity index (χ4v) is 4.79. The zero-order valence-corrected chi connectivity index (χ0v) is 22.3. The van der Waals surface area contributed by atoms with Crippen molar-refractivity contribution in [1.29, 1.82) is 0 Å². The SMILES string of the molecule is CCC(Sc1nc(-c2ccc(OC)cc2)c(-c2ccc(OC)cc2)[nH]1)C(=O)Nc1ccc(Cl)c(Cl)c1. The Hall–Kier alpha value is -3.13. The molecule has 36 heavy (non-hydrogen) atoms. The first-order valence-electron chi connectivity index (χ1n) is 11.2. The highest BCUT2D eigenvalue weighted by Gasteiger charge is 2.22. The van der Waals surface area contributed by atoms with Gasteiger partial charge in [0.15, 0.2) is 5.16 Å². The summed E-state index contributed by atoms with van der Waals surface area (Å²) in [7, 11) is 3.27. The zero-order valence-electron chi connectivity index (χ0n) is 20.0. The number of benzene rings is 3. The van der Waals surface area contributed by atoms with Gasteiger partial charge in [-0.05, 0) is 73.2 Å². The molecule has 0 fully saturated rings. The van der Waals surface area contributed by atoms with Crippen LogP contribution in [0, 0.1) is 0 Å². The minimum absolute atomic E-state index is 0.144. The molecule has 4 aromatic rings. The summed E-state index contributed by atoms with van der Waals surface area (Å²) in [5.41, 5.74) is 4.10. The van der Waals surface area contributed by atoms with Gasteiger partial charge >= 0.3 is 0 Å². The summed E-state index contributed by atoms with van der Waals surface area (Å²) in [6.45, 7) is 1.96. The maximum atomic E-state index is 13.0. The van der Waals surface area contributed by atoms with E-state index in [9.17, 15) is 4.79 Å². The molecule has 0 radical (unpaired) electrons. The highest BCUT2D eigenvalue weighted by atomic mass is 35.5. The number of carbonyl (C=O) groups is 1. The van der Waals surface area contributed by atoms with Crippen molar-refractivity contribution in [3.05, 3.63) is 76.8 Å². The quantitative estimate of drug-likeness (QED) is 0.213. The van der Waals surface area contributed by atoms with Crippen molar-refractivity contribution in [1.82, 2.24) is 9.97 Å². The summed E-state index contributed by atoms with van der Waals surface area (Å²) in [4.78, 5) is 21.3. The topological polar surface area (TPSA) is 76.2 Å². The number of thioether (sulfide) groups is 1. The minimum Gasteiger partial charge on any atom is -0.497 e. The molecule has 1 atom stereocenters. The van der Waals surface area contributed by atoms with Gasteiger partial charge < -0.3 is 19.8 Å². The third kappa shape index (κ3) is 5.98. The van der Waals surface area contributed by atoms with Gasteiger partial charge in [-0.1, -0.05) is 41.9 Å². The van der Waals surface area contributed by atoms with Crippen molar-refractivity contribution in [2.24, 2.45) is 0 Å². The average molecular weight is 542 g/mol. The third-order valence-corrected chi connectivity index (χ3v) is 7.52. The Morgan fingerprint density at radius 1 is 0.944 bits per heavy atom. The normalized spacial score (nSPS) is 11.7. The molecular weight excluding hydrogens is 517 g/mol. The first-order chi connectivity index (χ1) is 17.4. The van der Waals surface area contributed by atoms with E-state index in [2.05, 4.69) is 10.3 Å². The first-order valence-corrected chi connectivity index (χ1v) is 12.9. The Morgan fingerprint density at radius 3 is 2.11 bits per heavy atom. The maximum Gasteiger partial charge on any atom is 0.237 e. The van der Waals surface area contributed by atoms with Crippen LogP contribution >= 0.6 is 35.0 Å². The van der Waals surface area contributed by atoms with E-state index in [-0.39, 0.29) is 11.2 Å². The van der Waals surface area contributed by atoms with E-state index in [4.69, 9.17) is 37.7 Å². The lowest BCUT2D eigenvalue weighted by atomic mass is 10.0. The lowest BCUT2D eigenvalue weighted by Gasteiger charge is -2.13. The van der Waals surface area contributed by atoms with Crippen LogP contribution in [-0.4, -0.2) is 35.3 Å². The predicted octanol–water partition coefficient (Wildman–Crippen LogP) is 7.58. The van der Waals surface area contributed by atoms with E-state index >= 15 is 0 Å². The molecule has 2 N–H and O–H groups in total. The van der Waals surface area contributed by atoms with E-state index in [1.54, 1.807) is 32.4 Å². The lowest BCUT2D eigenvalue weighted by Crippen LogP contribution is -2.24. The molecular formula is C27H25Cl2N3O3S. The van der Waals surface area contributed by atoms with Crippen LogP contribution < -0.4 is 14.8 Å². The van der Waals surface area contributed by atoms with Gasteiger partial charge in [0.05, 0.1) is 40.9 Å². The third-order valence-electron chi connectivity index (χ3n) is 5.53. The molecule has 0 aliphatic rings. The number of nitrogens with zero attached hydrogens (tertiary/aromatic N) is 1. The molecule has 0 bridgehead atoms. The van der Waals surface area contributed by atoms with Crippen LogP contribution in [0.1, 0.15) is 13.3 Å². The second kappa shape index (κ2) is 11.7. The van der Waals surface area contributed by atoms with Crippen LogP contribution in [-0.2, 0) is 4.79 Å². The van der Waals surface area contributed by atoms with Crippen molar-refractivity contribution in [3.63, 3.8) is 0 Å². The average Bonchev–Trinajstić information content (AvgIpc) is 3.33. The van der Waals surface area contributed by atoms with Crippen LogP contribution in [0.2, 0.25) is 10.0 Å². The van der Waals surface area contributed by atoms with Gasteiger partial charge in [0.2, 0.25) is 5.91 Å². The molecule has 0 saturated carbocycles. The molecule has 1 unspecified atom stereocenters. The fraction of sp³-hybridized carbons (Fsp3) is 0.185. The number of carbonyl (C=O) groups excluding carboxylic acids is 1. The first kappa shape index (κ1) is 25.9. The summed E-state index contributed by atoms with van der Waals surface area (Å²) >= 11 is 13.5. The molecule has 4 rings (SSSR count). The largest absolute Gasteiger partial charge is 0.497 e. The van der Waals surface area contributed by atoms with Crippen molar-refractivity contribution in [3.8, 4) is 34.0 Å². The van der Waals surface area contributed by atoms with Gasteiger partial charge in [-0.2, -0.15) is 0 Å². The highest BCUT2D eigenvalue weighted by molar-refractivity contribution is 8.00. The summed E-state index contributed by atoms with van der Waals surface area (Å²) in [6.07, 6.45) is 0.605. The minimum atomic E-state index is -0.377. The zero-order chi connectivity index (χ0) is 25.7. The standard InChI is InChI=1S/C27H25Cl2N3O3S/c1-4-23(26(33)30-18-9-14-21(28)22(29)15-18)36-27-31-24(16-5-10-19(34-2)11-6-16)25(32-27)17-7-12-20(35-3)13-8-17/h5-15,23H,4H2,1-3H3,(H,30,33)(H,31,32). The van der Waals surface area contributed by atoms with E-state index in [0.717, 1.165) is 34.0 Å².